The summed E-state index contributed by atoms with van der Waals surface area (Å²) in [7, 11) is 0. The molecule has 0 spiro atoms. The van der Waals surface area contributed by atoms with Gasteiger partial charge >= 0.3 is 0 Å². The number of amides is 1. The van der Waals surface area contributed by atoms with Crippen LogP contribution in [0.1, 0.15) is 33.6 Å². The lowest BCUT2D eigenvalue weighted by atomic mass is 10.0. The quantitative estimate of drug-likeness (QED) is 0.655. The minimum Gasteiger partial charge on any atom is -0.396 e. The van der Waals surface area contributed by atoms with Crippen LogP contribution in [0, 0.1) is 11.8 Å². The molecule has 3 heteroatoms. The minimum atomic E-state index is 0.0478. The molecule has 0 saturated heterocycles. The third-order valence-electron chi connectivity index (χ3n) is 2.20. The maximum atomic E-state index is 11.2. The number of carbonyl (C=O) groups is 1. The molecule has 0 aliphatic rings. The summed E-state index contributed by atoms with van der Waals surface area (Å²) < 4.78 is 0. The molecule has 1 atom stereocenters. The Morgan fingerprint density at radius 1 is 1.46 bits per heavy atom. The van der Waals surface area contributed by atoms with Crippen LogP contribution < -0.4 is 5.32 Å². The van der Waals surface area contributed by atoms with Crippen LogP contribution in [0.15, 0.2) is 0 Å². The van der Waals surface area contributed by atoms with Crippen molar-refractivity contribution in [3.63, 3.8) is 0 Å². The van der Waals surface area contributed by atoms with Crippen molar-refractivity contribution >= 4 is 5.91 Å². The first-order valence-corrected chi connectivity index (χ1v) is 5.00. The van der Waals surface area contributed by atoms with Gasteiger partial charge in [0.2, 0.25) is 5.91 Å². The topological polar surface area (TPSA) is 49.3 Å². The number of hydrogen-bond acceptors (Lipinski definition) is 2. The molecule has 3 nitrogen and oxygen atoms in total. The van der Waals surface area contributed by atoms with E-state index < -0.39 is 0 Å². The first-order valence-electron chi connectivity index (χ1n) is 5.00. The fourth-order valence-corrected chi connectivity index (χ4v) is 1.08. The Morgan fingerprint density at radius 2 is 2.08 bits per heavy atom. The van der Waals surface area contributed by atoms with E-state index in [4.69, 9.17) is 5.11 Å². The molecule has 1 amide bonds. The first kappa shape index (κ1) is 12.4. The van der Waals surface area contributed by atoms with Crippen molar-refractivity contribution in [2.24, 2.45) is 11.8 Å². The molecule has 0 aliphatic carbocycles. The van der Waals surface area contributed by atoms with Crippen LogP contribution in [0.25, 0.3) is 0 Å². The molecule has 0 heterocycles. The predicted octanol–water partition coefficient (Wildman–Crippen LogP) is 1.17. The van der Waals surface area contributed by atoms with Crippen LogP contribution in [-0.2, 0) is 4.79 Å². The summed E-state index contributed by atoms with van der Waals surface area (Å²) in [5.41, 5.74) is 0. The smallest absolute Gasteiger partial charge is 0.222 e. The maximum absolute atomic E-state index is 11.2. The molecule has 0 saturated carbocycles. The van der Waals surface area contributed by atoms with Crippen molar-refractivity contribution in [3.05, 3.63) is 0 Å². The van der Waals surface area contributed by atoms with Gasteiger partial charge in [0.25, 0.3) is 0 Å². The lowest BCUT2D eigenvalue weighted by Gasteiger charge is -2.15. The molecule has 0 aromatic rings. The number of nitrogens with one attached hydrogen (secondary N) is 1. The van der Waals surface area contributed by atoms with Gasteiger partial charge in [0, 0.05) is 19.1 Å². The highest BCUT2D eigenvalue weighted by atomic mass is 16.3. The number of rotatable bonds is 6. The van der Waals surface area contributed by atoms with Gasteiger partial charge in [0.1, 0.15) is 0 Å². The molecule has 0 aliphatic heterocycles. The van der Waals surface area contributed by atoms with Crippen LogP contribution in [-0.4, -0.2) is 24.2 Å². The Morgan fingerprint density at radius 3 is 2.46 bits per heavy atom. The molecule has 0 aromatic heterocycles. The van der Waals surface area contributed by atoms with Crippen LogP contribution in [0.2, 0.25) is 0 Å². The van der Waals surface area contributed by atoms with Crippen LogP contribution in [0.5, 0.6) is 0 Å². The molecule has 0 aromatic carbocycles. The zero-order valence-electron chi connectivity index (χ0n) is 8.84. The highest BCUT2D eigenvalue weighted by Gasteiger charge is 2.09. The number of aliphatic hydroxyl groups is 1. The van der Waals surface area contributed by atoms with Crippen molar-refractivity contribution in [3.8, 4) is 0 Å². The van der Waals surface area contributed by atoms with Crippen molar-refractivity contribution in [1.29, 1.82) is 0 Å². The number of hydrogen-bond donors (Lipinski definition) is 2. The summed E-state index contributed by atoms with van der Waals surface area (Å²) in [6.45, 7) is 6.72. The lowest BCUT2D eigenvalue weighted by Crippen LogP contribution is -2.32. The highest BCUT2D eigenvalue weighted by molar-refractivity contribution is 5.77. The van der Waals surface area contributed by atoms with E-state index in [1.807, 2.05) is 13.8 Å². The zero-order chi connectivity index (χ0) is 10.3. The predicted molar refractivity (Wildman–Crippen MR) is 53.3 cm³/mol. The number of aliphatic hydroxyl groups excluding tert-OH is 1. The normalized spacial score (nSPS) is 13.0. The molecule has 78 valence electrons. The van der Waals surface area contributed by atoms with Gasteiger partial charge in [-0.2, -0.15) is 0 Å². The second kappa shape index (κ2) is 6.89. The summed E-state index contributed by atoms with van der Waals surface area (Å²) >= 11 is 0. The van der Waals surface area contributed by atoms with E-state index >= 15 is 0 Å². The fourth-order valence-electron chi connectivity index (χ4n) is 1.08. The van der Waals surface area contributed by atoms with Crippen molar-refractivity contribution < 1.29 is 9.90 Å². The second-order valence-corrected chi connectivity index (χ2v) is 3.69. The Labute approximate surface area is 80.5 Å². The van der Waals surface area contributed by atoms with Crippen LogP contribution in [0.4, 0.5) is 0 Å². The van der Waals surface area contributed by atoms with Gasteiger partial charge in [-0.15, -0.1) is 0 Å². The Kier molecular flexibility index (Phi) is 6.59. The van der Waals surface area contributed by atoms with Crippen molar-refractivity contribution in [2.45, 2.75) is 33.6 Å². The van der Waals surface area contributed by atoms with Crippen molar-refractivity contribution in [1.82, 2.24) is 5.32 Å². The van der Waals surface area contributed by atoms with Gasteiger partial charge in [-0.1, -0.05) is 27.2 Å². The third kappa shape index (κ3) is 5.64. The lowest BCUT2D eigenvalue weighted by molar-refractivity contribution is -0.124. The molecule has 0 radical (unpaired) electrons. The SMILES string of the molecule is CCC(CCO)CNC(=O)C(C)C. The highest BCUT2D eigenvalue weighted by Crippen LogP contribution is 2.05. The van der Waals surface area contributed by atoms with Crippen molar-refractivity contribution in [2.75, 3.05) is 13.2 Å². The van der Waals surface area contributed by atoms with Crippen LogP contribution in [0.3, 0.4) is 0 Å². The Hall–Kier alpha value is -0.570. The molecule has 0 bridgehead atoms. The van der Waals surface area contributed by atoms with Crippen LogP contribution >= 0.6 is 0 Å². The van der Waals surface area contributed by atoms with Gasteiger partial charge < -0.3 is 10.4 Å². The van der Waals surface area contributed by atoms with E-state index in [0.29, 0.717) is 12.5 Å². The first-order chi connectivity index (χ1) is 6.11. The molecule has 1 unspecified atom stereocenters. The zero-order valence-corrected chi connectivity index (χ0v) is 8.84. The molecule has 2 N–H and O–H groups in total. The summed E-state index contributed by atoms with van der Waals surface area (Å²) in [4.78, 5) is 11.2. The Balaban J connectivity index is 3.65. The fraction of sp³-hybridized carbons (Fsp3) is 0.900. The van der Waals surface area contributed by atoms with Gasteiger partial charge in [-0.3, -0.25) is 4.79 Å². The minimum absolute atomic E-state index is 0.0478. The summed E-state index contributed by atoms with van der Waals surface area (Å²) in [6, 6.07) is 0. The monoisotopic (exact) mass is 187 g/mol. The maximum Gasteiger partial charge on any atom is 0.222 e. The number of carbonyl (C=O) groups excluding carboxylic acids is 1. The van der Waals surface area contributed by atoms with Gasteiger partial charge in [0.05, 0.1) is 0 Å². The average Bonchev–Trinajstić information content (AvgIpc) is 2.11. The summed E-state index contributed by atoms with van der Waals surface area (Å²) in [6.07, 6.45) is 1.77. The van der Waals surface area contributed by atoms with Gasteiger partial charge in [-0.25, -0.2) is 0 Å². The average molecular weight is 187 g/mol. The van der Waals surface area contributed by atoms with E-state index in [9.17, 15) is 4.79 Å². The standard InChI is InChI=1S/C10H21NO2/c1-4-9(5-6-12)7-11-10(13)8(2)3/h8-9,12H,4-7H2,1-3H3,(H,11,13). The third-order valence-corrected chi connectivity index (χ3v) is 2.20. The largest absolute Gasteiger partial charge is 0.396 e. The van der Waals surface area contributed by atoms with Gasteiger partial charge in [0.15, 0.2) is 0 Å². The summed E-state index contributed by atoms with van der Waals surface area (Å²) in [5.74, 6) is 0.552. The van der Waals surface area contributed by atoms with E-state index in [1.54, 1.807) is 0 Å². The van der Waals surface area contributed by atoms with E-state index in [2.05, 4.69) is 12.2 Å². The molecule has 0 rings (SSSR count). The summed E-state index contributed by atoms with van der Waals surface area (Å²) in [5, 5.41) is 11.6. The molecular formula is C10H21NO2. The van der Waals surface area contributed by atoms with E-state index in [0.717, 1.165) is 12.8 Å². The van der Waals surface area contributed by atoms with Gasteiger partial charge in [-0.05, 0) is 12.3 Å². The molecule has 13 heavy (non-hydrogen) atoms. The second-order valence-electron chi connectivity index (χ2n) is 3.69. The Bertz CT molecular complexity index is 146. The molecular weight excluding hydrogens is 166 g/mol. The molecule has 0 fully saturated rings. The van der Waals surface area contributed by atoms with E-state index in [1.165, 1.54) is 0 Å². The van der Waals surface area contributed by atoms with E-state index in [-0.39, 0.29) is 18.4 Å².